The van der Waals surface area contributed by atoms with Crippen molar-refractivity contribution in [3.63, 3.8) is 0 Å². The highest BCUT2D eigenvalue weighted by Gasteiger charge is 2.16. The molecule has 1 aromatic carbocycles. The highest BCUT2D eigenvalue weighted by molar-refractivity contribution is 5.87. The van der Waals surface area contributed by atoms with E-state index < -0.39 is 5.97 Å². The summed E-state index contributed by atoms with van der Waals surface area (Å²) >= 11 is 0. The van der Waals surface area contributed by atoms with E-state index in [1.54, 1.807) is 24.3 Å². The standard InChI is InChI=1S/C16H23NO4/c1-17(12-15-7-3-9-21-15)8-4-10-20-14-6-2-5-13(11-14)16(18)19/h2,5-6,11,15H,3-4,7-10,12H2,1H3,(H,18,19). The Morgan fingerprint density at radius 1 is 1.52 bits per heavy atom. The molecule has 0 radical (unpaired) electrons. The molecule has 0 amide bonds. The minimum absolute atomic E-state index is 0.253. The van der Waals surface area contributed by atoms with Crippen LogP contribution in [0.15, 0.2) is 24.3 Å². The predicted molar refractivity (Wildman–Crippen MR) is 80.0 cm³/mol. The summed E-state index contributed by atoms with van der Waals surface area (Å²) in [5.41, 5.74) is 0.253. The molecule has 5 heteroatoms. The van der Waals surface area contributed by atoms with E-state index in [2.05, 4.69) is 11.9 Å². The molecule has 1 aliphatic rings. The second-order valence-corrected chi connectivity index (χ2v) is 5.43. The Morgan fingerprint density at radius 2 is 2.38 bits per heavy atom. The molecule has 2 rings (SSSR count). The maximum Gasteiger partial charge on any atom is 0.335 e. The normalized spacial score (nSPS) is 18.1. The monoisotopic (exact) mass is 293 g/mol. The fourth-order valence-electron chi connectivity index (χ4n) is 2.47. The first kappa shape index (κ1) is 15.8. The number of carboxylic acid groups (broad SMARTS) is 1. The van der Waals surface area contributed by atoms with Crippen LogP contribution in [0.5, 0.6) is 5.75 Å². The third-order valence-electron chi connectivity index (χ3n) is 3.57. The van der Waals surface area contributed by atoms with Crippen molar-refractivity contribution in [1.82, 2.24) is 4.90 Å². The maximum absolute atomic E-state index is 10.9. The van der Waals surface area contributed by atoms with E-state index in [1.807, 2.05) is 0 Å². The van der Waals surface area contributed by atoms with Crippen molar-refractivity contribution in [2.24, 2.45) is 0 Å². The minimum atomic E-state index is -0.934. The van der Waals surface area contributed by atoms with Crippen LogP contribution in [-0.4, -0.2) is 55.4 Å². The molecule has 0 saturated carbocycles. The van der Waals surface area contributed by atoms with Gasteiger partial charge in [0.2, 0.25) is 0 Å². The summed E-state index contributed by atoms with van der Waals surface area (Å²) in [4.78, 5) is 13.1. The Kier molecular flexibility index (Phi) is 6.02. The number of ether oxygens (including phenoxy) is 2. The van der Waals surface area contributed by atoms with Gasteiger partial charge in [-0.3, -0.25) is 0 Å². The van der Waals surface area contributed by atoms with Crippen LogP contribution in [0.4, 0.5) is 0 Å². The van der Waals surface area contributed by atoms with Crippen molar-refractivity contribution in [3.05, 3.63) is 29.8 Å². The summed E-state index contributed by atoms with van der Waals surface area (Å²) in [6.07, 6.45) is 3.60. The average molecular weight is 293 g/mol. The zero-order valence-electron chi connectivity index (χ0n) is 12.5. The summed E-state index contributed by atoms with van der Waals surface area (Å²) in [5, 5.41) is 8.92. The van der Waals surface area contributed by atoms with Gasteiger partial charge in [-0.2, -0.15) is 0 Å². The molecule has 1 aromatic rings. The van der Waals surface area contributed by atoms with Crippen LogP contribution >= 0.6 is 0 Å². The van der Waals surface area contributed by atoms with Gasteiger partial charge in [0.1, 0.15) is 5.75 Å². The van der Waals surface area contributed by atoms with E-state index in [9.17, 15) is 4.79 Å². The summed E-state index contributed by atoms with van der Waals surface area (Å²) < 4.78 is 11.2. The van der Waals surface area contributed by atoms with E-state index in [0.29, 0.717) is 18.5 Å². The zero-order chi connectivity index (χ0) is 15.1. The van der Waals surface area contributed by atoms with Crippen LogP contribution in [0.25, 0.3) is 0 Å². The Hall–Kier alpha value is -1.59. The molecule has 21 heavy (non-hydrogen) atoms. The van der Waals surface area contributed by atoms with Gasteiger partial charge < -0.3 is 19.5 Å². The molecular weight excluding hydrogens is 270 g/mol. The third-order valence-corrected chi connectivity index (χ3v) is 3.57. The van der Waals surface area contributed by atoms with Crippen molar-refractivity contribution in [2.45, 2.75) is 25.4 Å². The first-order valence-corrected chi connectivity index (χ1v) is 7.41. The minimum Gasteiger partial charge on any atom is -0.494 e. The van der Waals surface area contributed by atoms with Gasteiger partial charge in [0, 0.05) is 19.7 Å². The Labute approximate surface area is 125 Å². The lowest BCUT2D eigenvalue weighted by molar-refractivity contribution is 0.0696. The van der Waals surface area contributed by atoms with Gasteiger partial charge >= 0.3 is 5.97 Å². The molecule has 1 aliphatic heterocycles. The van der Waals surface area contributed by atoms with Gasteiger partial charge in [-0.25, -0.2) is 4.79 Å². The molecule has 1 saturated heterocycles. The molecule has 1 fully saturated rings. The Bertz CT molecular complexity index is 457. The van der Waals surface area contributed by atoms with E-state index in [0.717, 1.165) is 32.5 Å². The fourth-order valence-corrected chi connectivity index (χ4v) is 2.47. The number of nitrogens with zero attached hydrogens (tertiary/aromatic N) is 1. The number of likely N-dealkylation sites (N-methyl/N-ethyl adjacent to an activating group) is 1. The number of carboxylic acids is 1. The van der Waals surface area contributed by atoms with Gasteiger partial charge in [-0.05, 0) is 44.5 Å². The number of aromatic carboxylic acids is 1. The highest BCUT2D eigenvalue weighted by atomic mass is 16.5. The Balaban J connectivity index is 1.64. The smallest absolute Gasteiger partial charge is 0.335 e. The molecule has 0 aliphatic carbocycles. The van der Waals surface area contributed by atoms with Crippen LogP contribution in [0.2, 0.25) is 0 Å². The lowest BCUT2D eigenvalue weighted by Crippen LogP contribution is -2.30. The van der Waals surface area contributed by atoms with Crippen molar-refractivity contribution in [1.29, 1.82) is 0 Å². The van der Waals surface area contributed by atoms with Crippen LogP contribution in [0, 0.1) is 0 Å². The van der Waals surface area contributed by atoms with Crippen molar-refractivity contribution in [2.75, 3.05) is 33.4 Å². The van der Waals surface area contributed by atoms with E-state index >= 15 is 0 Å². The summed E-state index contributed by atoms with van der Waals surface area (Å²) in [5.74, 6) is -0.326. The van der Waals surface area contributed by atoms with E-state index in [4.69, 9.17) is 14.6 Å². The molecule has 1 heterocycles. The summed E-state index contributed by atoms with van der Waals surface area (Å²) in [7, 11) is 2.09. The molecule has 1 unspecified atom stereocenters. The molecular formula is C16H23NO4. The topological polar surface area (TPSA) is 59.0 Å². The molecule has 1 N–H and O–H groups in total. The van der Waals surface area contributed by atoms with Gasteiger partial charge in [0.25, 0.3) is 0 Å². The molecule has 5 nitrogen and oxygen atoms in total. The maximum atomic E-state index is 10.9. The number of hydrogen-bond donors (Lipinski definition) is 1. The number of carbonyl (C=O) groups is 1. The van der Waals surface area contributed by atoms with Gasteiger partial charge in [-0.1, -0.05) is 6.07 Å². The second kappa shape index (κ2) is 8.00. The van der Waals surface area contributed by atoms with Crippen molar-refractivity contribution in [3.8, 4) is 5.75 Å². The van der Waals surface area contributed by atoms with Crippen LogP contribution in [0.1, 0.15) is 29.6 Å². The average Bonchev–Trinajstić information content (AvgIpc) is 2.97. The molecule has 116 valence electrons. The summed E-state index contributed by atoms with van der Waals surface area (Å²) in [6, 6.07) is 6.59. The molecule has 0 spiro atoms. The SMILES string of the molecule is CN(CCCOc1cccc(C(=O)O)c1)CC1CCCO1. The van der Waals surface area contributed by atoms with Crippen LogP contribution in [-0.2, 0) is 4.74 Å². The lowest BCUT2D eigenvalue weighted by Gasteiger charge is -2.20. The van der Waals surface area contributed by atoms with Gasteiger partial charge in [-0.15, -0.1) is 0 Å². The van der Waals surface area contributed by atoms with Crippen molar-refractivity contribution < 1.29 is 19.4 Å². The van der Waals surface area contributed by atoms with E-state index in [1.165, 1.54) is 6.42 Å². The quantitative estimate of drug-likeness (QED) is 0.745. The summed E-state index contributed by atoms with van der Waals surface area (Å²) in [6.45, 7) is 3.38. The van der Waals surface area contributed by atoms with Crippen LogP contribution in [0.3, 0.4) is 0 Å². The van der Waals surface area contributed by atoms with Crippen molar-refractivity contribution >= 4 is 5.97 Å². The molecule has 1 atom stereocenters. The zero-order valence-corrected chi connectivity index (χ0v) is 12.5. The Morgan fingerprint density at radius 3 is 3.10 bits per heavy atom. The second-order valence-electron chi connectivity index (χ2n) is 5.43. The third kappa shape index (κ3) is 5.36. The van der Waals surface area contributed by atoms with E-state index in [-0.39, 0.29) is 5.56 Å². The number of rotatable bonds is 8. The van der Waals surface area contributed by atoms with Gasteiger partial charge in [0.05, 0.1) is 18.3 Å². The predicted octanol–water partition coefficient (Wildman–Crippen LogP) is 2.26. The first-order chi connectivity index (χ1) is 10.1. The van der Waals surface area contributed by atoms with Gasteiger partial charge in [0.15, 0.2) is 0 Å². The molecule has 0 bridgehead atoms. The fraction of sp³-hybridized carbons (Fsp3) is 0.562. The largest absolute Gasteiger partial charge is 0.494 e. The van der Waals surface area contributed by atoms with Crippen LogP contribution < -0.4 is 4.74 Å². The number of benzene rings is 1. The lowest BCUT2D eigenvalue weighted by atomic mass is 10.2. The highest BCUT2D eigenvalue weighted by Crippen LogP contribution is 2.14. The first-order valence-electron chi connectivity index (χ1n) is 7.41. The molecule has 0 aromatic heterocycles. The number of hydrogen-bond acceptors (Lipinski definition) is 4.